The Kier molecular flexibility index (Phi) is 5.64. The molecule has 1 atom stereocenters. The Labute approximate surface area is 112 Å². The SMILES string of the molecule is CCC1CCC(CNC(=O)[C@@H](N)C(C)(C)C)CC1. The molecular formula is C15H30N2O. The summed E-state index contributed by atoms with van der Waals surface area (Å²) >= 11 is 0. The van der Waals surface area contributed by atoms with E-state index in [-0.39, 0.29) is 11.3 Å². The van der Waals surface area contributed by atoms with Crippen LogP contribution in [-0.2, 0) is 4.79 Å². The van der Waals surface area contributed by atoms with Crippen molar-refractivity contribution in [2.75, 3.05) is 6.54 Å². The third-order valence-electron chi connectivity index (χ3n) is 4.32. The fourth-order valence-corrected chi connectivity index (χ4v) is 2.59. The standard InChI is InChI=1S/C15H30N2O/c1-5-11-6-8-12(9-7-11)10-17-14(18)13(16)15(2,3)4/h11-13H,5-10,16H2,1-4H3,(H,17,18)/t11?,12?,13-/m1/s1. The van der Waals surface area contributed by atoms with Crippen LogP contribution in [0.1, 0.15) is 59.8 Å². The molecule has 1 amide bonds. The van der Waals surface area contributed by atoms with Crippen LogP contribution in [0.15, 0.2) is 0 Å². The van der Waals surface area contributed by atoms with Crippen molar-refractivity contribution in [3.05, 3.63) is 0 Å². The number of nitrogens with two attached hydrogens (primary N) is 1. The molecule has 0 aromatic carbocycles. The van der Waals surface area contributed by atoms with Crippen molar-refractivity contribution in [3.63, 3.8) is 0 Å². The van der Waals surface area contributed by atoms with Crippen LogP contribution in [0.4, 0.5) is 0 Å². The lowest BCUT2D eigenvalue weighted by molar-refractivity contribution is -0.124. The summed E-state index contributed by atoms with van der Waals surface area (Å²) in [5.74, 6) is 1.57. The van der Waals surface area contributed by atoms with Crippen molar-refractivity contribution in [1.82, 2.24) is 5.32 Å². The van der Waals surface area contributed by atoms with E-state index in [4.69, 9.17) is 5.73 Å². The van der Waals surface area contributed by atoms with Crippen LogP contribution in [0.3, 0.4) is 0 Å². The number of amides is 1. The normalized spacial score (nSPS) is 26.7. The first-order valence-electron chi connectivity index (χ1n) is 7.37. The van der Waals surface area contributed by atoms with Crippen LogP contribution in [0.2, 0.25) is 0 Å². The van der Waals surface area contributed by atoms with E-state index in [1.807, 2.05) is 20.8 Å². The minimum absolute atomic E-state index is 0.000106. The van der Waals surface area contributed by atoms with Gasteiger partial charge in [-0.25, -0.2) is 0 Å². The Balaban J connectivity index is 2.27. The second-order valence-electron chi connectivity index (χ2n) is 6.88. The monoisotopic (exact) mass is 254 g/mol. The van der Waals surface area contributed by atoms with E-state index in [2.05, 4.69) is 12.2 Å². The summed E-state index contributed by atoms with van der Waals surface area (Å²) in [4.78, 5) is 11.9. The molecule has 0 unspecified atom stereocenters. The maximum absolute atomic E-state index is 11.9. The van der Waals surface area contributed by atoms with Crippen molar-refractivity contribution in [1.29, 1.82) is 0 Å². The van der Waals surface area contributed by atoms with Gasteiger partial charge in [0.1, 0.15) is 0 Å². The Morgan fingerprint density at radius 2 is 1.72 bits per heavy atom. The van der Waals surface area contributed by atoms with Gasteiger partial charge in [-0.05, 0) is 30.1 Å². The van der Waals surface area contributed by atoms with Gasteiger partial charge in [0.25, 0.3) is 0 Å². The predicted molar refractivity (Wildman–Crippen MR) is 76.2 cm³/mol. The molecule has 3 nitrogen and oxygen atoms in total. The highest BCUT2D eigenvalue weighted by Crippen LogP contribution is 2.30. The fourth-order valence-electron chi connectivity index (χ4n) is 2.59. The Bertz CT molecular complexity index is 262. The van der Waals surface area contributed by atoms with Gasteiger partial charge in [-0.15, -0.1) is 0 Å². The van der Waals surface area contributed by atoms with E-state index in [0.717, 1.165) is 12.5 Å². The van der Waals surface area contributed by atoms with E-state index in [9.17, 15) is 4.79 Å². The van der Waals surface area contributed by atoms with Crippen LogP contribution in [0, 0.1) is 17.3 Å². The summed E-state index contributed by atoms with van der Waals surface area (Å²) in [5.41, 5.74) is 5.78. The average Bonchev–Trinajstić information content (AvgIpc) is 2.34. The molecule has 0 aliphatic heterocycles. The van der Waals surface area contributed by atoms with E-state index < -0.39 is 6.04 Å². The average molecular weight is 254 g/mol. The number of carbonyl (C=O) groups excluding carboxylic acids is 1. The van der Waals surface area contributed by atoms with Crippen LogP contribution in [0.25, 0.3) is 0 Å². The third-order valence-corrected chi connectivity index (χ3v) is 4.32. The van der Waals surface area contributed by atoms with E-state index in [1.54, 1.807) is 0 Å². The first kappa shape index (κ1) is 15.5. The topological polar surface area (TPSA) is 55.1 Å². The van der Waals surface area contributed by atoms with E-state index >= 15 is 0 Å². The minimum Gasteiger partial charge on any atom is -0.354 e. The van der Waals surface area contributed by atoms with Crippen molar-refractivity contribution >= 4 is 5.91 Å². The fraction of sp³-hybridized carbons (Fsp3) is 0.933. The maximum atomic E-state index is 11.9. The summed E-state index contributed by atoms with van der Waals surface area (Å²) in [5, 5.41) is 3.03. The first-order chi connectivity index (χ1) is 8.34. The van der Waals surface area contributed by atoms with Gasteiger partial charge < -0.3 is 11.1 Å². The van der Waals surface area contributed by atoms with Crippen LogP contribution in [-0.4, -0.2) is 18.5 Å². The molecule has 0 heterocycles. The third kappa shape index (κ3) is 4.60. The van der Waals surface area contributed by atoms with Gasteiger partial charge in [0, 0.05) is 6.54 Å². The molecular weight excluding hydrogens is 224 g/mol. The molecule has 3 N–H and O–H groups in total. The molecule has 0 aromatic rings. The summed E-state index contributed by atoms with van der Waals surface area (Å²) in [6.45, 7) is 9.09. The van der Waals surface area contributed by atoms with Gasteiger partial charge in [-0.1, -0.05) is 47.0 Å². The molecule has 106 valence electrons. The zero-order valence-electron chi connectivity index (χ0n) is 12.5. The van der Waals surface area contributed by atoms with Crippen LogP contribution < -0.4 is 11.1 Å². The lowest BCUT2D eigenvalue weighted by Crippen LogP contribution is -2.49. The van der Waals surface area contributed by atoms with Crippen molar-refractivity contribution in [3.8, 4) is 0 Å². The molecule has 1 fully saturated rings. The number of nitrogens with one attached hydrogen (secondary N) is 1. The molecule has 0 bridgehead atoms. The summed E-state index contributed by atoms with van der Waals surface area (Å²) in [6, 6.07) is -0.413. The maximum Gasteiger partial charge on any atom is 0.237 e. The molecule has 1 aliphatic carbocycles. The molecule has 0 spiro atoms. The van der Waals surface area contributed by atoms with Crippen molar-refractivity contribution in [2.45, 2.75) is 65.8 Å². The number of hydrogen-bond acceptors (Lipinski definition) is 2. The predicted octanol–water partition coefficient (Wildman–Crippen LogP) is 2.69. The highest BCUT2D eigenvalue weighted by Gasteiger charge is 2.28. The van der Waals surface area contributed by atoms with Gasteiger partial charge in [0.15, 0.2) is 0 Å². The van der Waals surface area contributed by atoms with Crippen LogP contribution >= 0.6 is 0 Å². The number of carbonyl (C=O) groups is 1. The van der Waals surface area contributed by atoms with Crippen molar-refractivity contribution in [2.24, 2.45) is 23.0 Å². The smallest absolute Gasteiger partial charge is 0.237 e. The second-order valence-corrected chi connectivity index (χ2v) is 6.88. The molecule has 18 heavy (non-hydrogen) atoms. The first-order valence-corrected chi connectivity index (χ1v) is 7.37. The molecule has 0 saturated heterocycles. The minimum atomic E-state index is -0.413. The highest BCUT2D eigenvalue weighted by molar-refractivity contribution is 5.82. The summed E-state index contributed by atoms with van der Waals surface area (Å²) < 4.78 is 0. The Hall–Kier alpha value is -0.570. The van der Waals surface area contributed by atoms with Gasteiger partial charge in [0.2, 0.25) is 5.91 Å². The quantitative estimate of drug-likeness (QED) is 0.810. The van der Waals surface area contributed by atoms with E-state index in [0.29, 0.717) is 5.92 Å². The van der Waals surface area contributed by atoms with Crippen LogP contribution in [0.5, 0.6) is 0 Å². The zero-order valence-corrected chi connectivity index (χ0v) is 12.5. The summed E-state index contributed by atoms with van der Waals surface area (Å²) in [7, 11) is 0. The molecule has 0 radical (unpaired) electrons. The van der Waals surface area contributed by atoms with E-state index in [1.165, 1.54) is 32.1 Å². The lowest BCUT2D eigenvalue weighted by Gasteiger charge is -2.30. The molecule has 1 rings (SSSR count). The van der Waals surface area contributed by atoms with Gasteiger partial charge in [0.05, 0.1) is 6.04 Å². The molecule has 1 saturated carbocycles. The largest absolute Gasteiger partial charge is 0.354 e. The van der Waals surface area contributed by atoms with Crippen molar-refractivity contribution < 1.29 is 4.79 Å². The second kappa shape index (κ2) is 6.55. The lowest BCUT2D eigenvalue weighted by atomic mass is 9.80. The molecule has 1 aliphatic rings. The van der Waals surface area contributed by atoms with Gasteiger partial charge >= 0.3 is 0 Å². The Morgan fingerprint density at radius 3 is 2.17 bits per heavy atom. The highest BCUT2D eigenvalue weighted by atomic mass is 16.2. The van der Waals surface area contributed by atoms with Gasteiger partial charge in [-0.3, -0.25) is 4.79 Å². The molecule has 3 heteroatoms. The zero-order chi connectivity index (χ0) is 13.8. The summed E-state index contributed by atoms with van der Waals surface area (Å²) in [6.07, 6.45) is 6.45. The van der Waals surface area contributed by atoms with Gasteiger partial charge in [-0.2, -0.15) is 0 Å². The number of rotatable bonds is 4. The molecule has 0 aromatic heterocycles. The Morgan fingerprint density at radius 1 is 1.22 bits per heavy atom. The number of hydrogen-bond donors (Lipinski definition) is 2.